The second-order valence-electron chi connectivity index (χ2n) is 7.10. The lowest BCUT2D eigenvalue weighted by Crippen LogP contribution is -2.14. The molecule has 0 saturated heterocycles. The van der Waals surface area contributed by atoms with Gasteiger partial charge in [0.2, 0.25) is 0 Å². The van der Waals surface area contributed by atoms with Crippen LogP contribution in [0.25, 0.3) is 0 Å². The summed E-state index contributed by atoms with van der Waals surface area (Å²) in [7, 11) is -3.66. The lowest BCUT2D eigenvalue weighted by molar-refractivity contribution is 0.601. The maximum Gasteiger partial charge on any atom is 0.263 e. The number of benzene rings is 2. The number of pyridine rings is 1. The Hall–Kier alpha value is -2.86. The number of sulfonamides is 1. The fourth-order valence-electron chi connectivity index (χ4n) is 2.81. The fourth-order valence-corrected chi connectivity index (χ4v) is 3.82. The maximum absolute atomic E-state index is 12.5. The number of rotatable bonds is 7. The lowest BCUT2D eigenvalue weighted by Gasteiger charge is -2.11. The summed E-state index contributed by atoms with van der Waals surface area (Å²) in [5.41, 5.74) is 4.31. The first-order valence-corrected chi connectivity index (χ1v) is 10.7. The van der Waals surface area contributed by atoms with Crippen LogP contribution in [0.1, 0.15) is 36.5 Å². The van der Waals surface area contributed by atoms with Crippen molar-refractivity contribution in [2.24, 2.45) is 0 Å². The molecule has 6 heteroatoms. The van der Waals surface area contributed by atoms with Crippen LogP contribution in [0.4, 0.5) is 11.5 Å². The Morgan fingerprint density at radius 2 is 1.75 bits per heavy atom. The van der Waals surface area contributed by atoms with E-state index < -0.39 is 10.0 Å². The highest BCUT2D eigenvalue weighted by molar-refractivity contribution is 7.92. The predicted octanol–water partition coefficient (Wildman–Crippen LogP) is 4.93. The van der Waals surface area contributed by atoms with Gasteiger partial charge in [0.05, 0.1) is 16.8 Å². The number of aryl methyl sites for hydroxylation is 1. The quantitative estimate of drug-likeness (QED) is 0.595. The van der Waals surface area contributed by atoms with Gasteiger partial charge in [0.25, 0.3) is 10.0 Å². The van der Waals surface area contributed by atoms with Gasteiger partial charge < -0.3 is 5.32 Å². The van der Waals surface area contributed by atoms with Gasteiger partial charge >= 0.3 is 0 Å². The van der Waals surface area contributed by atoms with Crippen molar-refractivity contribution in [2.45, 2.75) is 38.1 Å². The highest BCUT2D eigenvalue weighted by atomic mass is 32.2. The first-order valence-electron chi connectivity index (χ1n) is 9.22. The molecule has 3 rings (SSSR count). The number of hydrogen-bond acceptors (Lipinski definition) is 4. The first kappa shape index (κ1) is 19.9. The van der Waals surface area contributed by atoms with Crippen molar-refractivity contribution in [2.75, 3.05) is 10.0 Å². The Balaban J connectivity index is 1.64. The molecule has 3 aromatic rings. The van der Waals surface area contributed by atoms with E-state index in [2.05, 4.69) is 54.0 Å². The number of anilines is 2. The summed E-state index contributed by atoms with van der Waals surface area (Å²) in [5.74, 6) is 0.639. The third-order valence-corrected chi connectivity index (χ3v) is 5.81. The van der Waals surface area contributed by atoms with E-state index in [9.17, 15) is 8.42 Å². The fraction of sp³-hybridized carbons (Fsp3) is 0.227. The summed E-state index contributed by atoms with van der Waals surface area (Å²) in [5, 5.41) is 3.29. The van der Waals surface area contributed by atoms with E-state index in [1.807, 2.05) is 24.3 Å². The molecule has 0 aliphatic heterocycles. The monoisotopic (exact) mass is 395 g/mol. The van der Waals surface area contributed by atoms with E-state index in [4.69, 9.17) is 0 Å². The Bertz CT molecular complexity index is 1030. The Labute approximate surface area is 166 Å². The van der Waals surface area contributed by atoms with Gasteiger partial charge in [0.15, 0.2) is 0 Å². The van der Waals surface area contributed by atoms with Gasteiger partial charge in [-0.25, -0.2) is 13.4 Å². The minimum absolute atomic E-state index is 0.223. The molecule has 0 aliphatic carbocycles. The molecule has 0 spiro atoms. The highest BCUT2D eigenvalue weighted by Crippen LogP contribution is 2.20. The lowest BCUT2D eigenvalue weighted by atomic mass is 10.0. The zero-order valence-corrected chi connectivity index (χ0v) is 17.1. The van der Waals surface area contributed by atoms with Crippen molar-refractivity contribution in [3.63, 3.8) is 0 Å². The molecular weight excluding hydrogens is 370 g/mol. The minimum Gasteiger partial charge on any atom is -0.380 e. The van der Waals surface area contributed by atoms with Crippen LogP contribution in [-0.2, 0) is 16.6 Å². The molecule has 0 radical (unpaired) electrons. The van der Waals surface area contributed by atoms with E-state index >= 15 is 0 Å². The van der Waals surface area contributed by atoms with Crippen molar-refractivity contribution in [1.29, 1.82) is 0 Å². The summed E-state index contributed by atoms with van der Waals surface area (Å²) >= 11 is 0. The largest absolute Gasteiger partial charge is 0.380 e. The molecule has 1 aromatic heterocycles. The summed E-state index contributed by atoms with van der Waals surface area (Å²) in [4.78, 5) is 4.43. The van der Waals surface area contributed by atoms with Crippen LogP contribution >= 0.6 is 0 Å². The molecule has 146 valence electrons. The third-order valence-electron chi connectivity index (χ3n) is 4.44. The van der Waals surface area contributed by atoms with Crippen LogP contribution in [-0.4, -0.2) is 13.4 Å². The Kier molecular flexibility index (Phi) is 5.99. The molecule has 0 amide bonds. The van der Waals surface area contributed by atoms with Gasteiger partial charge in [-0.2, -0.15) is 0 Å². The minimum atomic E-state index is -3.66. The molecule has 2 aromatic carbocycles. The van der Waals surface area contributed by atoms with Crippen LogP contribution < -0.4 is 10.0 Å². The summed E-state index contributed by atoms with van der Waals surface area (Å²) in [6.07, 6.45) is 1.62. The number of nitrogens with zero attached hydrogens (tertiary/aromatic N) is 1. The maximum atomic E-state index is 12.5. The smallest absolute Gasteiger partial charge is 0.263 e. The van der Waals surface area contributed by atoms with E-state index in [0.717, 1.165) is 11.3 Å². The Morgan fingerprint density at radius 3 is 2.36 bits per heavy atom. The summed E-state index contributed by atoms with van der Waals surface area (Å²) < 4.78 is 27.6. The molecule has 0 atom stereocenters. The standard InChI is InChI=1S/C22H25N3O2S/c1-16(2)19-7-10-21(11-8-19)28(26,27)25-22-12-9-20(15-24-22)23-14-18-6-4-5-17(3)13-18/h4-13,15-16,23H,14H2,1-3H3,(H,24,25). The molecule has 0 fully saturated rings. The number of aromatic nitrogens is 1. The van der Waals surface area contributed by atoms with Crippen molar-refractivity contribution in [3.8, 4) is 0 Å². The third kappa shape index (κ3) is 5.10. The second-order valence-corrected chi connectivity index (χ2v) is 8.79. The van der Waals surface area contributed by atoms with Crippen LogP contribution in [0, 0.1) is 6.92 Å². The zero-order chi connectivity index (χ0) is 20.1. The molecule has 0 unspecified atom stereocenters. The second kappa shape index (κ2) is 8.44. The van der Waals surface area contributed by atoms with E-state index in [1.54, 1.807) is 24.4 Å². The van der Waals surface area contributed by atoms with Gasteiger partial charge in [-0.3, -0.25) is 4.72 Å². The topological polar surface area (TPSA) is 71.1 Å². The van der Waals surface area contributed by atoms with Crippen LogP contribution in [0.15, 0.2) is 71.8 Å². The molecule has 28 heavy (non-hydrogen) atoms. The van der Waals surface area contributed by atoms with Crippen molar-refractivity contribution in [1.82, 2.24) is 4.98 Å². The average molecular weight is 396 g/mol. The first-order chi connectivity index (χ1) is 13.3. The van der Waals surface area contributed by atoms with Crippen LogP contribution in [0.5, 0.6) is 0 Å². The molecular formula is C22H25N3O2S. The van der Waals surface area contributed by atoms with Crippen molar-refractivity contribution >= 4 is 21.5 Å². The summed E-state index contributed by atoms with van der Waals surface area (Å²) in [6, 6.07) is 18.6. The Morgan fingerprint density at radius 1 is 1.00 bits per heavy atom. The molecule has 5 nitrogen and oxygen atoms in total. The van der Waals surface area contributed by atoms with Crippen LogP contribution in [0.2, 0.25) is 0 Å². The molecule has 0 bridgehead atoms. The molecule has 1 heterocycles. The van der Waals surface area contributed by atoms with Gasteiger partial charge in [-0.15, -0.1) is 0 Å². The van der Waals surface area contributed by atoms with Gasteiger partial charge in [-0.05, 0) is 48.2 Å². The van der Waals surface area contributed by atoms with Crippen molar-refractivity contribution < 1.29 is 8.42 Å². The van der Waals surface area contributed by atoms with E-state index in [0.29, 0.717) is 12.5 Å². The highest BCUT2D eigenvalue weighted by Gasteiger charge is 2.15. The van der Waals surface area contributed by atoms with Crippen LogP contribution in [0.3, 0.4) is 0 Å². The SMILES string of the molecule is Cc1cccc(CNc2ccc(NS(=O)(=O)c3ccc(C(C)C)cc3)nc2)c1. The van der Waals surface area contributed by atoms with Gasteiger partial charge in [0.1, 0.15) is 5.82 Å². The van der Waals surface area contributed by atoms with E-state index in [1.165, 1.54) is 11.1 Å². The zero-order valence-electron chi connectivity index (χ0n) is 16.3. The molecule has 0 saturated carbocycles. The average Bonchev–Trinajstić information content (AvgIpc) is 2.67. The summed E-state index contributed by atoms with van der Waals surface area (Å²) in [6.45, 7) is 6.87. The normalized spacial score (nSPS) is 11.4. The molecule has 2 N–H and O–H groups in total. The molecule has 0 aliphatic rings. The van der Waals surface area contributed by atoms with Gasteiger partial charge in [0, 0.05) is 6.54 Å². The van der Waals surface area contributed by atoms with Crippen molar-refractivity contribution in [3.05, 3.63) is 83.6 Å². The van der Waals surface area contributed by atoms with E-state index in [-0.39, 0.29) is 10.7 Å². The number of hydrogen-bond donors (Lipinski definition) is 2. The van der Waals surface area contributed by atoms with Gasteiger partial charge in [-0.1, -0.05) is 55.8 Å². The number of nitrogens with one attached hydrogen (secondary N) is 2. The predicted molar refractivity (Wildman–Crippen MR) is 114 cm³/mol.